The molecule has 0 spiro atoms. The van der Waals surface area contributed by atoms with Crippen LogP contribution in [0.5, 0.6) is 5.75 Å². The lowest BCUT2D eigenvalue weighted by Crippen LogP contribution is -2.36. The van der Waals surface area contributed by atoms with Gasteiger partial charge < -0.3 is 15.2 Å². The van der Waals surface area contributed by atoms with Crippen LogP contribution in [0.4, 0.5) is 0 Å². The Hall–Kier alpha value is -1.06. The van der Waals surface area contributed by atoms with Gasteiger partial charge in [0.15, 0.2) is 0 Å². The Labute approximate surface area is 109 Å². The molecule has 0 aromatic heterocycles. The number of fused-ring (bicyclic) bond motifs is 1. The van der Waals surface area contributed by atoms with Gasteiger partial charge in [0, 0.05) is 19.0 Å². The van der Waals surface area contributed by atoms with Crippen LogP contribution in [0.2, 0.25) is 0 Å². The number of nitrogens with one attached hydrogen (secondary N) is 1. The van der Waals surface area contributed by atoms with Crippen LogP contribution in [0.15, 0.2) is 18.2 Å². The van der Waals surface area contributed by atoms with E-state index >= 15 is 0 Å². The van der Waals surface area contributed by atoms with Crippen LogP contribution in [-0.4, -0.2) is 23.9 Å². The molecule has 18 heavy (non-hydrogen) atoms. The average Bonchev–Trinajstić information content (AvgIpc) is 2.75. The van der Waals surface area contributed by atoms with E-state index in [9.17, 15) is 5.11 Å². The normalized spacial score (nSPS) is 16.2. The summed E-state index contributed by atoms with van der Waals surface area (Å²) in [6.07, 6.45) is 2.01. The van der Waals surface area contributed by atoms with E-state index < -0.39 is 5.60 Å². The molecule has 0 fully saturated rings. The molecule has 0 radical (unpaired) electrons. The number of ether oxygens (including phenoxy) is 1. The Balaban J connectivity index is 2.08. The molecule has 3 heteroatoms. The molecule has 0 saturated carbocycles. The Morgan fingerprint density at radius 2 is 2.22 bits per heavy atom. The first-order valence-electron chi connectivity index (χ1n) is 6.71. The summed E-state index contributed by atoms with van der Waals surface area (Å²) in [4.78, 5) is 0. The lowest BCUT2D eigenvalue weighted by molar-refractivity contribution is 0.0762. The summed E-state index contributed by atoms with van der Waals surface area (Å²) >= 11 is 0. The van der Waals surface area contributed by atoms with Crippen LogP contribution < -0.4 is 10.1 Å². The van der Waals surface area contributed by atoms with Crippen molar-refractivity contribution in [1.82, 2.24) is 5.32 Å². The molecule has 0 saturated heterocycles. The van der Waals surface area contributed by atoms with E-state index in [-0.39, 0.29) is 0 Å². The number of benzene rings is 1. The summed E-state index contributed by atoms with van der Waals surface area (Å²) in [5, 5.41) is 13.2. The van der Waals surface area contributed by atoms with E-state index in [1.54, 1.807) is 0 Å². The number of hydrogen-bond donors (Lipinski definition) is 2. The molecule has 3 nitrogen and oxygen atoms in total. The minimum Gasteiger partial charge on any atom is -0.493 e. The SMILES string of the molecule is CCC(NCC(C)(C)O)c1ccc2c(c1)CCO2. The zero-order valence-electron chi connectivity index (χ0n) is 11.5. The zero-order chi connectivity index (χ0) is 13.2. The van der Waals surface area contributed by atoms with E-state index in [2.05, 4.69) is 30.4 Å². The molecule has 0 bridgehead atoms. The van der Waals surface area contributed by atoms with Crippen LogP contribution in [0.25, 0.3) is 0 Å². The fraction of sp³-hybridized carbons (Fsp3) is 0.600. The fourth-order valence-corrected chi connectivity index (χ4v) is 2.29. The third-order valence-corrected chi connectivity index (χ3v) is 3.31. The summed E-state index contributed by atoms with van der Waals surface area (Å²) in [6, 6.07) is 6.71. The second kappa shape index (κ2) is 5.29. The Bertz CT molecular complexity index is 409. The molecule has 0 amide bonds. The van der Waals surface area contributed by atoms with Crippen molar-refractivity contribution >= 4 is 0 Å². The monoisotopic (exact) mass is 249 g/mol. The van der Waals surface area contributed by atoms with Crippen LogP contribution in [0.3, 0.4) is 0 Å². The van der Waals surface area contributed by atoms with E-state index in [0.717, 1.165) is 25.2 Å². The third-order valence-electron chi connectivity index (χ3n) is 3.31. The predicted molar refractivity (Wildman–Crippen MR) is 73.0 cm³/mol. The second-order valence-electron chi connectivity index (χ2n) is 5.62. The van der Waals surface area contributed by atoms with Crippen LogP contribution >= 0.6 is 0 Å². The Kier molecular flexibility index (Phi) is 3.93. The summed E-state index contributed by atoms with van der Waals surface area (Å²) in [7, 11) is 0. The lowest BCUT2D eigenvalue weighted by Gasteiger charge is -2.24. The zero-order valence-corrected chi connectivity index (χ0v) is 11.5. The van der Waals surface area contributed by atoms with Gasteiger partial charge in [0.25, 0.3) is 0 Å². The lowest BCUT2D eigenvalue weighted by atomic mass is 10.00. The van der Waals surface area contributed by atoms with E-state index in [0.29, 0.717) is 12.6 Å². The molecule has 2 rings (SSSR count). The summed E-state index contributed by atoms with van der Waals surface area (Å²) in [6.45, 7) is 7.20. The molecule has 1 aliphatic heterocycles. The van der Waals surface area contributed by atoms with Gasteiger partial charge in [-0.25, -0.2) is 0 Å². The quantitative estimate of drug-likeness (QED) is 0.842. The molecule has 1 aliphatic rings. The topological polar surface area (TPSA) is 41.5 Å². The minimum absolute atomic E-state index is 0.294. The molecule has 1 heterocycles. The standard InChI is InChI=1S/C15H23NO2/c1-4-13(16-10-15(2,3)17)11-5-6-14-12(9-11)7-8-18-14/h5-6,9,13,16-17H,4,7-8,10H2,1-3H3. The number of rotatable bonds is 5. The van der Waals surface area contributed by atoms with Crippen molar-refractivity contribution in [3.8, 4) is 5.75 Å². The second-order valence-corrected chi connectivity index (χ2v) is 5.62. The first kappa shape index (κ1) is 13.4. The number of hydrogen-bond acceptors (Lipinski definition) is 3. The van der Waals surface area contributed by atoms with Gasteiger partial charge in [-0.05, 0) is 37.5 Å². The van der Waals surface area contributed by atoms with Crippen molar-refractivity contribution in [3.05, 3.63) is 29.3 Å². The molecule has 0 aliphatic carbocycles. The maximum atomic E-state index is 9.78. The Morgan fingerprint density at radius 3 is 2.89 bits per heavy atom. The highest BCUT2D eigenvalue weighted by molar-refractivity contribution is 5.40. The maximum absolute atomic E-state index is 9.78. The van der Waals surface area contributed by atoms with Gasteiger partial charge in [0.2, 0.25) is 0 Å². The largest absolute Gasteiger partial charge is 0.493 e. The van der Waals surface area contributed by atoms with Gasteiger partial charge in [-0.2, -0.15) is 0 Å². The van der Waals surface area contributed by atoms with Gasteiger partial charge in [0.1, 0.15) is 5.75 Å². The van der Waals surface area contributed by atoms with E-state index in [1.807, 2.05) is 13.8 Å². The van der Waals surface area contributed by atoms with Gasteiger partial charge in [-0.3, -0.25) is 0 Å². The highest BCUT2D eigenvalue weighted by atomic mass is 16.5. The van der Waals surface area contributed by atoms with Gasteiger partial charge >= 0.3 is 0 Å². The maximum Gasteiger partial charge on any atom is 0.122 e. The molecular formula is C15H23NO2. The van der Waals surface area contributed by atoms with Crippen molar-refractivity contribution < 1.29 is 9.84 Å². The molecule has 100 valence electrons. The van der Waals surface area contributed by atoms with Crippen molar-refractivity contribution in [2.75, 3.05) is 13.2 Å². The molecule has 1 aromatic rings. The predicted octanol–water partition coefficient (Wildman–Crippen LogP) is 2.43. The summed E-state index contributed by atoms with van der Waals surface area (Å²) in [5.41, 5.74) is 1.91. The van der Waals surface area contributed by atoms with Crippen molar-refractivity contribution in [2.45, 2.75) is 45.3 Å². The van der Waals surface area contributed by atoms with Gasteiger partial charge in [-0.15, -0.1) is 0 Å². The fourth-order valence-electron chi connectivity index (χ4n) is 2.29. The van der Waals surface area contributed by atoms with E-state index in [4.69, 9.17) is 4.74 Å². The number of aliphatic hydroxyl groups is 1. The average molecular weight is 249 g/mol. The Morgan fingerprint density at radius 1 is 1.44 bits per heavy atom. The summed E-state index contributed by atoms with van der Waals surface area (Å²) < 4.78 is 5.52. The van der Waals surface area contributed by atoms with Crippen molar-refractivity contribution in [3.63, 3.8) is 0 Å². The van der Waals surface area contributed by atoms with Gasteiger partial charge in [0.05, 0.1) is 12.2 Å². The smallest absolute Gasteiger partial charge is 0.122 e. The molecule has 2 N–H and O–H groups in total. The third kappa shape index (κ3) is 3.24. The first-order valence-corrected chi connectivity index (χ1v) is 6.71. The molecule has 1 atom stereocenters. The highest BCUT2D eigenvalue weighted by Gasteiger charge is 2.18. The first-order chi connectivity index (χ1) is 8.49. The van der Waals surface area contributed by atoms with Crippen molar-refractivity contribution in [2.24, 2.45) is 0 Å². The van der Waals surface area contributed by atoms with Crippen molar-refractivity contribution in [1.29, 1.82) is 0 Å². The van der Waals surface area contributed by atoms with Gasteiger partial charge in [-0.1, -0.05) is 19.1 Å². The minimum atomic E-state index is -0.673. The van der Waals surface area contributed by atoms with Crippen LogP contribution in [0, 0.1) is 0 Å². The highest BCUT2D eigenvalue weighted by Crippen LogP contribution is 2.29. The van der Waals surface area contributed by atoms with Crippen LogP contribution in [0.1, 0.15) is 44.4 Å². The van der Waals surface area contributed by atoms with E-state index in [1.165, 1.54) is 11.1 Å². The molecular weight excluding hydrogens is 226 g/mol. The molecule has 1 unspecified atom stereocenters. The van der Waals surface area contributed by atoms with Crippen LogP contribution in [-0.2, 0) is 6.42 Å². The molecule has 1 aromatic carbocycles. The summed E-state index contributed by atoms with van der Waals surface area (Å²) in [5.74, 6) is 1.02.